The molecule has 1 unspecified atom stereocenters. The fraction of sp³-hybridized carbons (Fsp3) is 0.714. The van der Waals surface area contributed by atoms with Gasteiger partial charge in [-0.1, -0.05) is 22.0 Å². The monoisotopic (exact) mass is 342 g/mol. The number of amides is 2. The zero-order valence-corrected chi connectivity index (χ0v) is 12.9. The summed E-state index contributed by atoms with van der Waals surface area (Å²) < 4.78 is 1.17. The molecule has 3 rings (SSSR count). The Morgan fingerprint density at radius 3 is 2.35 bits per heavy atom. The van der Waals surface area contributed by atoms with Crippen LogP contribution in [0.3, 0.4) is 0 Å². The Morgan fingerprint density at radius 1 is 1.20 bits per heavy atom. The number of urea groups is 1. The van der Waals surface area contributed by atoms with Gasteiger partial charge in [-0.25, -0.2) is 4.79 Å². The molecule has 20 heavy (non-hydrogen) atoms. The number of fused-ring (bicyclic) bond motifs is 1. The van der Waals surface area contributed by atoms with Gasteiger partial charge in [-0.15, -0.1) is 0 Å². The predicted molar refractivity (Wildman–Crippen MR) is 77.5 cm³/mol. The molecule has 0 radical (unpaired) electrons. The van der Waals surface area contributed by atoms with E-state index in [9.17, 15) is 9.59 Å². The molecule has 3 aliphatic rings. The van der Waals surface area contributed by atoms with Gasteiger partial charge in [0, 0.05) is 26.2 Å². The summed E-state index contributed by atoms with van der Waals surface area (Å²) in [6.07, 6.45) is 4.39. The summed E-state index contributed by atoms with van der Waals surface area (Å²) >= 11 is 3.46. The lowest BCUT2D eigenvalue weighted by Crippen LogP contribution is -2.44. The molecule has 0 spiro atoms. The Morgan fingerprint density at radius 2 is 1.85 bits per heavy atom. The van der Waals surface area contributed by atoms with Crippen molar-refractivity contribution >= 4 is 27.9 Å². The van der Waals surface area contributed by atoms with Crippen LogP contribution in [0.2, 0.25) is 0 Å². The van der Waals surface area contributed by atoms with E-state index in [0.29, 0.717) is 18.4 Å². The van der Waals surface area contributed by atoms with Gasteiger partial charge in [0.15, 0.2) is 0 Å². The summed E-state index contributed by atoms with van der Waals surface area (Å²) in [5.41, 5.74) is 0. The Labute approximate surface area is 126 Å². The largest absolute Gasteiger partial charge is 0.481 e. The first-order valence-electron chi connectivity index (χ1n) is 7.15. The maximum Gasteiger partial charge on any atom is 0.320 e. The second kappa shape index (κ2) is 5.39. The number of carboxylic acids is 1. The molecule has 2 heterocycles. The molecule has 2 amide bonds. The van der Waals surface area contributed by atoms with Crippen molar-refractivity contribution < 1.29 is 14.7 Å². The minimum absolute atomic E-state index is 0.113. The van der Waals surface area contributed by atoms with E-state index in [0.717, 1.165) is 38.9 Å². The first kappa shape index (κ1) is 13.9. The van der Waals surface area contributed by atoms with Gasteiger partial charge >= 0.3 is 12.0 Å². The maximum atomic E-state index is 12.4. The van der Waals surface area contributed by atoms with E-state index < -0.39 is 5.97 Å². The first-order valence-corrected chi connectivity index (χ1v) is 7.95. The van der Waals surface area contributed by atoms with Gasteiger partial charge in [0.2, 0.25) is 0 Å². The summed E-state index contributed by atoms with van der Waals surface area (Å²) in [6.45, 7) is 2.89. The number of carbonyl (C=O) groups is 2. The van der Waals surface area contributed by atoms with E-state index in [-0.39, 0.29) is 11.9 Å². The highest BCUT2D eigenvalue weighted by molar-refractivity contribution is 9.11. The molecule has 2 fully saturated rings. The highest BCUT2D eigenvalue weighted by atomic mass is 79.9. The number of carbonyl (C=O) groups excluding carboxylic acids is 1. The zero-order chi connectivity index (χ0) is 14.3. The number of hydrogen-bond acceptors (Lipinski definition) is 2. The van der Waals surface area contributed by atoms with Crippen molar-refractivity contribution in [3.05, 3.63) is 10.6 Å². The van der Waals surface area contributed by atoms with Crippen LogP contribution >= 0.6 is 15.9 Å². The molecule has 0 aromatic rings. The number of nitrogens with zero attached hydrogens (tertiary/aromatic N) is 2. The quantitative estimate of drug-likeness (QED) is 0.794. The summed E-state index contributed by atoms with van der Waals surface area (Å²) in [7, 11) is 0. The first-order chi connectivity index (χ1) is 9.54. The molecule has 0 aromatic heterocycles. The lowest BCUT2D eigenvalue weighted by Gasteiger charge is -2.30. The number of hydrogen-bond donors (Lipinski definition) is 1. The van der Waals surface area contributed by atoms with Crippen molar-refractivity contribution in [2.75, 3.05) is 26.2 Å². The molecule has 1 saturated carbocycles. The molecule has 1 N–H and O–H groups in total. The Hall–Kier alpha value is -1.04. The lowest BCUT2D eigenvalue weighted by molar-refractivity contribution is -0.141. The Balaban J connectivity index is 1.57. The highest BCUT2D eigenvalue weighted by Gasteiger charge is 2.45. The standard InChI is InChI=1S/C14H19BrN2O3/c15-12-1-3-16(4-2-12)14(20)17-7-10-5-9(13(18)19)6-11(10)8-17/h1,9-11H,2-8H2,(H,18,19)/t9?,10-,11+. The second-order valence-corrected chi connectivity index (χ2v) is 7.08. The average Bonchev–Trinajstić information content (AvgIpc) is 2.96. The molecule has 1 saturated heterocycles. The van der Waals surface area contributed by atoms with Crippen LogP contribution in [0.1, 0.15) is 19.3 Å². The second-order valence-electron chi connectivity index (χ2n) is 6.06. The highest BCUT2D eigenvalue weighted by Crippen LogP contribution is 2.41. The third-order valence-corrected chi connectivity index (χ3v) is 5.52. The van der Waals surface area contributed by atoms with E-state index in [1.54, 1.807) is 0 Å². The van der Waals surface area contributed by atoms with Crippen molar-refractivity contribution in [1.82, 2.24) is 9.80 Å². The SMILES string of the molecule is O=C(O)C1C[C@@H]2CN(C(=O)N3CC=C(Br)CC3)C[C@@H]2C1. The third kappa shape index (κ3) is 2.57. The molecule has 0 aromatic carbocycles. The number of halogens is 1. The van der Waals surface area contributed by atoms with E-state index in [4.69, 9.17) is 5.11 Å². The smallest absolute Gasteiger partial charge is 0.320 e. The van der Waals surface area contributed by atoms with Crippen molar-refractivity contribution in [3.8, 4) is 0 Å². The fourth-order valence-corrected chi connectivity index (χ4v) is 4.00. The fourth-order valence-electron chi connectivity index (χ4n) is 3.68. The molecular weight excluding hydrogens is 324 g/mol. The van der Waals surface area contributed by atoms with Crippen molar-refractivity contribution in [1.29, 1.82) is 0 Å². The van der Waals surface area contributed by atoms with Crippen molar-refractivity contribution in [2.45, 2.75) is 19.3 Å². The van der Waals surface area contributed by atoms with Crippen LogP contribution in [0.25, 0.3) is 0 Å². The minimum Gasteiger partial charge on any atom is -0.481 e. The number of rotatable bonds is 1. The molecule has 110 valence electrons. The molecule has 2 aliphatic heterocycles. The van der Waals surface area contributed by atoms with Gasteiger partial charge in [-0.2, -0.15) is 0 Å². The average molecular weight is 343 g/mol. The van der Waals surface area contributed by atoms with Crippen molar-refractivity contribution in [3.63, 3.8) is 0 Å². The van der Waals surface area contributed by atoms with E-state index in [2.05, 4.69) is 15.9 Å². The summed E-state index contributed by atoms with van der Waals surface area (Å²) in [6, 6.07) is 0.113. The maximum absolute atomic E-state index is 12.4. The van der Waals surface area contributed by atoms with E-state index in [1.165, 1.54) is 4.48 Å². The summed E-state index contributed by atoms with van der Waals surface area (Å²) in [4.78, 5) is 27.3. The van der Waals surface area contributed by atoms with Crippen molar-refractivity contribution in [2.24, 2.45) is 17.8 Å². The van der Waals surface area contributed by atoms with Crippen LogP contribution in [-0.2, 0) is 4.79 Å². The topological polar surface area (TPSA) is 60.9 Å². The number of likely N-dealkylation sites (tertiary alicyclic amines) is 1. The van der Waals surface area contributed by atoms with E-state index >= 15 is 0 Å². The van der Waals surface area contributed by atoms with Gasteiger partial charge in [0.1, 0.15) is 0 Å². The molecule has 0 bridgehead atoms. The number of aliphatic carboxylic acids is 1. The zero-order valence-electron chi connectivity index (χ0n) is 11.3. The summed E-state index contributed by atoms with van der Waals surface area (Å²) in [5, 5.41) is 9.07. The summed E-state index contributed by atoms with van der Waals surface area (Å²) in [5.74, 6) is -0.112. The van der Waals surface area contributed by atoms with Crippen LogP contribution in [0.5, 0.6) is 0 Å². The van der Waals surface area contributed by atoms with Gasteiger partial charge in [-0.3, -0.25) is 4.79 Å². The van der Waals surface area contributed by atoms with Crippen LogP contribution in [0.4, 0.5) is 4.79 Å². The third-order valence-electron chi connectivity index (χ3n) is 4.79. The van der Waals surface area contributed by atoms with Crippen LogP contribution < -0.4 is 0 Å². The Bertz CT molecular complexity index is 451. The molecule has 1 aliphatic carbocycles. The van der Waals surface area contributed by atoms with Crippen LogP contribution in [0.15, 0.2) is 10.6 Å². The molecule has 6 heteroatoms. The van der Waals surface area contributed by atoms with Gasteiger partial charge in [-0.05, 0) is 35.6 Å². The van der Waals surface area contributed by atoms with Gasteiger partial charge < -0.3 is 14.9 Å². The molecular formula is C14H19BrN2O3. The van der Waals surface area contributed by atoms with E-state index in [1.807, 2.05) is 15.9 Å². The Kier molecular flexibility index (Phi) is 3.75. The van der Waals surface area contributed by atoms with Gasteiger partial charge in [0.05, 0.1) is 5.92 Å². The van der Waals surface area contributed by atoms with Crippen LogP contribution in [-0.4, -0.2) is 53.1 Å². The lowest BCUT2D eigenvalue weighted by atomic mass is 10.0. The predicted octanol–water partition coefficient (Wildman–Crippen LogP) is 2.13. The molecule has 5 nitrogen and oxygen atoms in total. The normalized spacial score (nSPS) is 33.0. The van der Waals surface area contributed by atoms with Gasteiger partial charge in [0.25, 0.3) is 0 Å². The van der Waals surface area contributed by atoms with Crippen LogP contribution in [0, 0.1) is 17.8 Å². The molecule has 3 atom stereocenters. The minimum atomic E-state index is -0.678. The number of carboxylic acid groups (broad SMARTS) is 1.